The molecule has 4 unspecified atom stereocenters. The largest absolute Gasteiger partial charge is 0.497 e. The molecule has 2 amide bonds. The van der Waals surface area contributed by atoms with Crippen LogP contribution in [-0.4, -0.2) is 60.0 Å². The van der Waals surface area contributed by atoms with Crippen molar-refractivity contribution in [3.63, 3.8) is 0 Å². The van der Waals surface area contributed by atoms with Crippen molar-refractivity contribution in [2.45, 2.75) is 76.5 Å². The average Bonchev–Trinajstić information content (AvgIpc) is 3.50. The molecule has 1 spiro atoms. The highest BCUT2D eigenvalue weighted by Gasteiger charge is 2.64. The summed E-state index contributed by atoms with van der Waals surface area (Å²) in [5, 5.41) is 18.6. The SMILES string of the molecule is C=C(C=CC(C)=C(C)C12CCN(CC3CC3)C(C)C1(O)CCC1(CNC(=O)N1)C2)OC. The molecular weight excluding hydrogens is 390 g/mol. The second kappa shape index (κ2) is 7.96. The second-order valence-electron chi connectivity index (χ2n) is 10.4. The molecule has 0 aromatic rings. The number of methoxy groups -OCH3 is 1. The van der Waals surface area contributed by atoms with E-state index >= 15 is 0 Å². The van der Waals surface area contributed by atoms with Crippen molar-refractivity contribution in [2.24, 2.45) is 11.3 Å². The number of carbonyl (C=O) groups is 1. The normalized spacial score (nSPS) is 39.1. The lowest BCUT2D eigenvalue weighted by Gasteiger charge is -2.63. The monoisotopic (exact) mass is 429 g/mol. The van der Waals surface area contributed by atoms with Crippen molar-refractivity contribution in [2.75, 3.05) is 26.7 Å². The summed E-state index contributed by atoms with van der Waals surface area (Å²) in [6, 6.07) is -0.000569. The van der Waals surface area contributed by atoms with Crippen LogP contribution in [0.25, 0.3) is 0 Å². The molecule has 2 aliphatic carbocycles. The fraction of sp³-hybridized carbons (Fsp3) is 0.720. The number of urea groups is 1. The average molecular weight is 430 g/mol. The van der Waals surface area contributed by atoms with Gasteiger partial charge in [0.05, 0.1) is 18.2 Å². The van der Waals surface area contributed by atoms with Crippen LogP contribution in [0.4, 0.5) is 4.79 Å². The molecule has 4 fully saturated rings. The minimum atomic E-state index is -0.823. The van der Waals surface area contributed by atoms with Gasteiger partial charge in [0.25, 0.3) is 0 Å². The van der Waals surface area contributed by atoms with Gasteiger partial charge in [0.2, 0.25) is 0 Å². The van der Waals surface area contributed by atoms with Crippen LogP contribution in [0.15, 0.2) is 35.6 Å². The first kappa shape index (κ1) is 22.4. The molecule has 2 saturated heterocycles. The Labute approximate surface area is 186 Å². The van der Waals surface area contributed by atoms with E-state index in [-0.39, 0.29) is 23.0 Å². The van der Waals surface area contributed by atoms with Crippen molar-refractivity contribution < 1.29 is 14.6 Å². The predicted octanol–water partition coefficient (Wildman–Crippen LogP) is 3.50. The number of ether oxygens (including phenoxy) is 1. The summed E-state index contributed by atoms with van der Waals surface area (Å²) in [7, 11) is 1.62. The number of rotatable bonds is 6. The number of allylic oxidation sites excluding steroid dienone is 3. The van der Waals surface area contributed by atoms with Gasteiger partial charge in [0.15, 0.2) is 0 Å². The highest BCUT2D eigenvalue weighted by Crippen LogP contribution is 2.59. The van der Waals surface area contributed by atoms with Gasteiger partial charge in [0, 0.05) is 24.5 Å². The molecule has 6 nitrogen and oxygen atoms in total. The first-order valence-electron chi connectivity index (χ1n) is 11.8. The summed E-state index contributed by atoms with van der Waals surface area (Å²) in [5.41, 5.74) is 0.855. The molecule has 0 radical (unpaired) electrons. The maximum absolute atomic E-state index is 12.4. The van der Waals surface area contributed by atoms with E-state index in [1.165, 1.54) is 18.4 Å². The van der Waals surface area contributed by atoms with E-state index in [2.05, 4.69) is 42.9 Å². The fourth-order valence-electron chi connectivity index (χ4n) is 6.38. The molecule has 0 aromatic heterocycles. The quantitative estimate of drug-likeness (QED) is 0.446. The number of fused-ring (bicyclic) bond motifs is 1. The molecule has 2 heterocycles. The summed E-state index contributed by atoms with van der Waals surface area (Å²) in [6.45, 7) is 13.1. The van der Waals surface area contributed by atoms with Crippen LogP contribution < -0.4 is 10.6 Å². The van der Waals surface area contributed by atoms with Crippen LogP contribution in [-0.2, 0) is 4.74 Å². The molecule has 6 heteroatoms. The zero-order chi connectivity index (χ0) is 22.4. The van der Waals surface area contributed by atoms with Crippen molar-refractivity contribution in [3.8, 4) is 0 Å². The van der Waals surface area contributed by atoms with Crippen LogP contribution in [0.3, 0.4) is 0 Å². The molecule has 3 N–H and O–H groups in total. The lowest BCUT2D eigenvalue weighted by Crippen LogP contribution is -2.71. The highest BCUT2D eigenvalue weighted by atomic mass is 16.5. The molecule has 172 valence electrons. The third kappa shape index (κ3) is 3.82. The summed E-state index contributed by atoms with van der Waals surface area (Å²) in [6.07, 6.45) is 9.73. The van der Waals surface area contributed by atoms with Gasteiger partial charge in [-0.3, -0.25) is 4.90 Å². The Bertz CT molecular complexity index is 817. The maximum atomic E-state index is 12.4. The minimum absolute atomic E-state index is 0.0879. The maximum Gasteiger partial charge on any atom is 0.315 e. The Morgan fingerprint density at radius 2 is 2.03 bits per heavy atom. The number of aliphatic hydroxyl groups is 1. The molecule has 2 aliphatic heterocycles. The number of piperidine rings is 1. The summed E-state index contributed by atoms with van der Waals surface area (Å²) < 4.78 is 5.20. The highest BCUT2D eigenvalue weighted by molar-refractivity contribution is 5.77. The van der Waals surface area contributed by atoms with Gasteiger partial charge in [0.1, 0.15) is 5.76 Å². The van der Waals surface area contributed by atoms with Gasteiger partial charge in [-0.1, -0.05) is 23.8 Å². The molecule has 31 heavy (non-hydrogen) atoms. The fourth-order valence-corrected chi connectivity index (χ4v) is 6.38. The summed E-state index contributed by atoms with van der Waals surface area (Å²) in [4.78, 5) is 14.6. The summed E-state index contributed by atoms with van der Waals surface area (Å²) in [5.74, 6) is 1.41. The topological polar surface area (TPSA) is 73.8 Å². The molecule has 0 bridgehead atoms. The lowest BCUT2D eigenvalue weighted by atomic mass is 9.49. The van der Waals surface area contributed by atoms with Crippen molar-refractivity contribution >= 4 is 6.03 Å². The van der Waals surface area contributed by atoms with Gasteiger partial charge in [-0.05, 0) is 77.8 Å². The molecule has 4 aliphatic rings. The van der Waals surface area contributed by atoms with Gasteiger partial charge in [-0.2, -0.15) is 0 Å². The minimum Gasteiger partial charge on any atom is -0.497 e. The zero-order valence-electron chi connectivity index (χ0n) is 19.6. The van der Waals surface area contributed by atoms with E-state index in [4.69, 9.17) is 4.74 Å². The molecular formula is C25H39N3O3. The molecule has 0 aromatic carbocycles. The van der Waals surface area contributed by atoms with Gasteiger partial charge < -0.3 is 20.5 Å². The number of hydrogen-bond acceptors (Lipinski definition) is 4. The third-order valence-electron chi connectivity index (χ3n) is 8.76. The van der Waals surface area contributed by atoms with E-state index in [1.807, 2.05) is 12.2 Å². The number of likely N-dealkylation sites (tertiary alicyclic amines) is 1. The Balaban J connectivity index is 1.73. The van der Waals surface area contributed by atoms with Gasteiger partial charge in [-0.25, -0.2) is 4.79 Å². The Hall–Kier alpha value is -1.79. The second-order valence-corrected chi connectivity index (χ2v) is 10.4. The Morgan fingerprint density at radius 1 is 1.29 bits per heavy atom. The van der Waals surface area contributed by atoms with E-state index in [1.54, 1.807) is 7.11 Å². The number of hydrogen-bond donors (Lipinski definition) is 3. The van der Waals surface area contributed by atoms with Crippen LogP contribution in [0.5, 0.6) is 0 Å². The van der Waals surface area contributed by atoms with Crippen molar-refractivity contribution in [3.05, 3.63) is 35.6 Å². The smallest absolute Gasteiger partial charge is 0.315 e. The van der Waals surface area contributed by atoms with Crippen molar-refractivity contribution in [1.29, 1.82) is 0 Å². The Kier molecular flexibility index (Phi) is 5.76. The van der Waals surface area contributed by atoms with Crippen LogP contribution in [0, 0.1) is 11.3 Å². The van der Waals surface area contributed by atoms with E-state index < -0.39 is 5.60 Å². The predicted molar refractivity (Wildman–Crippen MR) is 123 cm³/mol. The number of carbonyl (C=O) groups excluding carboxylic acids is 1. The van der Waals surface area contributed by atoms with Gasteiger partial charge in [-0.15, -0.1) is 0 Å². The zero-order valence-corrected chi connectivity index (χ0v) is 19.6. The molecule has 2 saturated carbocycles. The molecule has 4 rings (SSSR count). The van der Waals surface area contributed by atoms with E-state index in [0.29, 0.717) is 18.7 Å². The number of amides is 2. The van der Waals surface area contributed by atoms with Crippen molar-refractivity contribution in [1.82, 2.24) is 15.5 Å². The number of nitrogens with zero attached hydrogens (tertiary/aromatic N) is 1. The first-order chi connectivity index (χ1) is 14.6. The van der Waals surface area contributed by atoms with E-state index in [9.17, 15) is 9.90 Å². The first-order valence-corrected chi connectivity index (χ1v) is 11.8. The van der Waals surface area contributed by atoms with Gasteiger partial charge >= 0.3 is 6.03 Å². The number of nitrogens with one attached hydrogen (secondary N) is 2. The van der Waals surface area contributed by atoms with E-state index in [0.717, 1.165) is 43.8 Å². The third-order valence-corrected chi connectivity index (χ3v) is 8.76. The van der Waals surface area contributed by atoms with Crippen LogP contribution >= 0.6 is 0 Å². The van der Waals surface area contributed by atoms with Crippen LogP contribution in [0.2, 0.25) is 0 Å². The van der Waals surface area contributed by atoms with Crippen LogP contribution in [0.1, 0.15) is 59.3 Å². The summed E-state index contributed by atoms with van der Waals surface area (Å²) >= 11 is 0. The standard InChI is InChI=1S/C25H39N3O3/c1-17(6-7-18(2)31-5)19(3)24-12-13-28(14-21-8-9-21)20(4)25(24,30)11-10-23(15-24)16-26-22(29)27-23/h6-7,20-21,30H,2,8-16H2,1,3-5H3,(H2,26,27,29). The molecule has 4 atom stereocenters. The lowest BCUT2D eigenvalue weighted by molar-refractivity contribution is -0.187. The Morgan fingerprint density at radius 3 is 2.65 bits per heavy atom.